The quantitative estimate of drug-likeness (QED) is 0.843. The zero-order chi connectivity index (χ0) is 14.4. The predicted molar refractivity (Wildman–Crippen MR) is 83.6 cm³/mol. The van der Waals surface area contributed by atoms with Crippen LogP contribution in [0.15, 0.2) is 30.3 Å². The molecule has 0 amide bonds. The number of rotatable bonds is 6. The number of hydrogen-bond donors (Lipinski definition) is 1. The Kier molecular flexibility index (Phi) is 5.28. The zero-order valence-electron chi connectivity index (χ0n) is 11.1. The number of ether oxygens (including phenoxy) is 1. The number of nitriles is 1. The van der Waals surface area contributed by atoms with Crippen LogP contribution in [0.25, 0.3) is 0 Å². The second-order valence-electron chi connectivity index (χ2n) is 4.22. The molecular formula is C15H15ClN2OS. The van der Waals surface area contributed by atoms with E-state index < -0.39 is 0 Å². The van der Waals surface area contributed by atoms with Crippen LogP contribution in [0.5, 0.6) is 5.75 Å². The molecule has 1 aromatic carbocycles. The third-order valence-electron chi connectivity index (χ3n) is 2.63. The number of halogens is 1. The van der Waals surface area contributed by atoms with Gasteiger partial charge in [-0.2, -0.15) is 5.26 Å². The van der Waals surface area contributed by atoms with Gasteiger partial charge in [-0.25, -0.2) is 0 Å². The molecule has 20 heavy (non-hydrogen) atoms. The average Bonchev–Trinajstić information content (AvgIpc) is 2.92. The third-order valence-corrected chi connectivity index (χ3v) is 3.92. The second-order valence-corrected chi connectivity index (χ2v) is 5.80. The molecule has 0 bridgehead atoms. The molecular weight excluding hydrogens is 292 g/mol. The Hall–Kier alpha value is -1.70. The molecule has 3 nitrogen and oxygen atoms in total. The summed E-state index contributed by atoms with van der Waals surface area (Å²) in [6.07, 6.45) is 0.954. The molecule has 0 atom stereocenters. The fourth-order valence-corrected chi connectivity index (χ4v) is 2.64. The van der Waals surface area contributed by atoms with Crippen molar-refractivity contribution in [1.82, 2.24) is 0 Å². The molecule has 0 aliphatic rings. The molecule has 104 valence electrons. The molecule has 1 heterocycles. The van der Waals surface area contributed by atoms with Crippen LogP contribution in [0.3, 0.4) is 0 Å². The van der Waals surface area contributed by atoms with E-state index in [1.807, 2.05) is 30.3 Å². The molecule has 0 aliphatic heterocycles. The van der Waals surface area contributed by atoms with E-state index in [0.29, 0.717) is 23.9 Å². The van der Waals surface area contributed by atoms with Crippen LogP contribution in [0, 0.1) is 11.3 Å². The summed E-state index contributed by atoms with van der Waals surface area (Å²) in [7, 11) is 0. The molecule has 2 aromatic rings. The van der Waals surface area contributed by atoms with Crippen LogP contribution in [0.1, 0.15) is 23.1 Å². The summed E-state index contributed by atoms with van der Waals surface area (Å²) in [5.74, 6) is 0.710. The van der Waals surface area contributed by atoms with Crippen molar-refractivity contribution in [1.29, 1.82) is 5.26 Å². The molecule has 0 radical (unpaired) electrons. The molecule has 1 N–H and O–H groups in total. The highest BCUT2D eigenvalue weighted by molar-refractivity contribution is 7.12. The van der Waals surface area contributed by atoms with Gasteiger partial charge < -0.3 is 10.1 Å². The van der Waals surface area contributed by atoms with E-state index in [-0.39, 0.29) is 0 Å². The summed E-state index contributed by atoms with van der Waals surface area (Å²) in [5, 5.41) is 12.7. The van der Waals surface area contributed by atoms with Gasteiger partial charge in [-0.1, -0.05) is 18.5 Å². The zero-order valence-corrected chi connectivity index (χ0v) is 12.7. The Morgan fingerprint density at radius 3 is 2.85 bits per heavy atom. The molecule has 5 heteroatoms. The van der Waals surface area contributed by atoms with Gasteiger partial charge in [-0.15, -0.1) is 11.3 Å². The van der Waals surface area contributed by atoms with Gasteiger partial charge in [0.2, 0.25) is 0 Å². The lowest BCUT2D eigenvalue weighted by atomic mass is 10.3. The highest BCUT2D eigenvalue weighted by Crippen LogP contribution is 2.28. The van der Waals surface area contributed by atoms with Crippen LogP contribution in [0.4, 0.5) is 5.69 Å². The van der Waals surface area contributed by atoms with Crippen molar-refractivity contribution >= 4 is 28.6 Å². The van der Waals surface area contributed by atoms with E-state index in [0.717, 1.165) is 21.9 Å². The molecule has 0 fully saturated rings. The van der Waals surface area contributed by atoms with Crippen molar-refractivity contribution in [3.05, 3.63) is 45.1 Å². The van der Waals surface area contributed by atoms with Gasteiger partial charge in [0.1, 0.15) is 16.7 Å². The van der Waals surface area contributed by atoms with Crippen molar-refractivity contribution in [2.75, 3.05) is 11.9 Å². The Morgan fingerprint density at radius 1 is 1.35 bits per heavy atom. The molecule has 0 unspecified atom stereocenters. The number of anilines is 1. The maximum absolute atomic E-state index is 8.78. The van der Waals surface area contributed by atoms with E-state index >= 15 is 0 Å². The Bertz CT molecular complexity index is 619. The number of thiophene rings is 1. The van der Waals surface area contributed by atoms with Crippen LogP contribution in [-0.4, -0.2) is 6.61 Å². The topological polar surface area (TPSA) is 45.0 Å². The normalized spacial score (nSPS) is 10.1. The van der Waals surface area contributed by atoms with Crippen LogP contribution in [-0.2, 0) is 6.54 Å². The van der Waals surface area contributed by atoms with Crippen LogP contribution >= 0.6 is 22.9 Å². The van der Waals surface area contributed by atoms with Gasteiger partial charge in [0.25, 0.3) is 0 Å². The summed E-state index contributed by atoms with van der Waals surface area (Å²) in [6.45, 7) is 3.40. The maximum atomic E-state index is 8.78. The minimum absolute atomic E-state index is 0.604. The summed E-state index contributed by atoms with van der Waals surface area (Å²) >= 11 is 7.66. The first kappa shape index (κ1) is 14.7. The molecule has 1 aromatic heterocycles. The van der Waals surface area contributed by atoms with E-state index in [2.05, 4.69) is 18.3 Å². The van der Waals surface area contributed by atoms with Gasteiger partial charge in [-0.05, 0) is 36.8 Å². The lowest BCUT2D eigenvalue weighted by Crippen LogP contribution is -1.99. The van der Waals surface area contributed by atoms with Crippen molar-refractivity contribution in [3.8, 4) is 11.8 Å². The summed E-state index contributed by atoms with van der Waals surface area (Å²) in [5.41, 5.74) is 0.936. The number of benzene rings is 1. The minimum Gasteiger partial charge on any atom is -0.492 e. The fraction of sp³-hybridized carbons (Fsp3) is 0.267. The Balaban J connectivity index is 1.96. The molecule has 2 rings (SSSR count). The van der Waals surface area contributed by atoms with E-state index in [9.17, 15) is 0 Å². The molecule has 0 saturated heterocycles. The summed E-state index contributed by atoms with van der Waals surface area (Å²) < 4.78 is 5.53. The number of hydrogen-bond acceptors (Lipinski definition) is 4. The van der Waals surface area contributed by atoms with Gasteiger partial charge in [0.05, 0.1) is 11.6 Å². The highest BCUT2D eigenvalue weighted by atomic mass is 35.5. The van der Waals surface area contributed by atoms with E-state index in [1.54, 1.807) is 0 Å². The van der Waals surface area contributed by atoms with E-state index in [4.69, 9.17) is 21.6 Å². The second kappa shape index (κ2) is 7.18. The molecule has 0 saturated carbocycles. The van der Waals surface area contributed by atoms with Gasteiger partial charge in [0.15, 0.2) is 0 Å². The fourth-order valence-electron chi connectivity index (χ4n) is 1.66. The summed E-state index contributed by atoms with van der Waals surface area (Å²) in [4.78, 5) is 1.84. The van der Waals surface area contributed by atoms with Gasteiger partial charge in [0, 0.05) is 17.1 Å². The highest BCUT2D eigenvalue weighted by Gasteiger charge is 2.04. The van der Waals surface area contributed by atoms with Crippen molar-refractivity contribution < 1.29 is 4.74 Å². The first-order valence-electron chi connectivity index (χ1n) is 6.38. The largest absolute Gasteiger partial charge is 0.492 e. The van der Waals surface area contributed by atoms with Crippen molar-refractivity contribution in [3.63, 3.8) is 0 Å². The molecule has 0 spiro atoms. The van der Waals surface area contributed by atoms with Gasteiger partial charge >= 0.3 is 0 Å². The maximum Gasteiger partial charge on any atom is 0.138 e. The summed E-state index contributed by atoms with van der Waals surface area (Å²) in [6, 6.07) is 11.6. The standard InChI is InChI=1S/C15H15ClN2OS/c1-2-7-19-15-6-3-11(8-14(15)16)18-10-13-5-4-12(9-17)20-13/h3-6,8,18H,2,7,10H2,1H3. The monoisotopic (exact) mass is 306 g/mol. The predicted octanol–water partition coefficient (Wildman–Crippen LogP) is 4.67. The van der Waals surface area contributed by atoms with Gasteiger partial charge in [-0.3, -0.25) is 0 Å². The first-order valence-corrected chi connectivity index (χ1v) is 7.57. The Labute approximate surface area is 127 Å². The van der Waals surface area contributed by atoms with E-state index in [1.165, 1.54) is 11.3 Å². The number of nitrogens with zero attached hydrogens (tertiary/aromatic N) is 1. The lowest BCUT2D eigenvalue weighted by molar-refractivity contribution is 0.317. The number of nitrogens with one attached hydrogen (secondary N) is 1. The first-order chi connectivity index (χ1) is 9.72. The average molecular weight is 307 g/mol. The lowest BCUT2D eigenvalue weighted by Gasteiger charge is -2.10. The SMILES string of the molecule is CCCOc1ccc(NCc2ccc(C#N)s2)cc1Cl. The Morgan fingerprint density at radius 2 is 2.20 bits per heavy atom. The smallest absolute Gasteiger partial charge is 0.138 e. The van der Waals surface area contributed by atoms with Crippen molar-refractivity contribution in [2.45, 2.75) is 19.9 Å². The van der Waals surface area contributed by atoms with Crippen LogP contribution in [0.2, 0.25) is 5.02 Å². The van der Waals surface area contributed by atoms with Crippen molar-refractivity contribution in [2.24, 2.45) is 0 Å². The van der Waals surface area contributed by atoms with Crippen LogP contribution < -0.4 is 10.1 Å². The minimum atomic E-state index is 0.604. The molecule has 0 aliphatic carbocycles. The third kappa shape index (κ3) is 3.89.